The Bertz CT molecular complexity index is 473. The number of rotatable bonds is 4. The van der Waals surface area contributed by atoms with Crippen LogP contribution in [0.4, 0.5) is 0 Å². The molecule has 2 rings (SSSR count). The first kappa shape index (κ1) is 15.1. The van der Waals surface area contributed by atoms with Gasteiger partial charge in [0.2, 0.25) is 0 Å². The standard InChI is InChI=1S/C15H21ClN2O2/c1-11(15(19)18-7-3-2-4-8-18)20-14-6-5-12(10-17)9-13(14)16/h5-6,9,11H,2-4,7-8,10,17H2,1H3. The van der Waals surface area contributed by atoms with Crippen LogP contribution < -0.4 is 10.5 Å². The Hall–Kier alpha value is -1.26. The van der Waals surface area contributed by atoms with E-state index in [0.29, 0.717) is 17.3 Å². The Labute approximate surface area is 124 Å². The van der Waals surface area contributed by atoms with Gasteiger partial charge in [0, 0.05) is 19.6 Å². The molecule has 1 aromatic rings. The number of carbonyl (C=O) groups is 1. The van der Waals surface area contributed by atoms with E-state index >= 15 is 0 Å². The topological polar surface area (TPSA) is 55.6 Å². The average Bonchev–Trinajstić information content (AvgIpc) is 2.49. The molecule has 20 heavy (non-hydrogen) atoms. The second-order valence-corrected chi connectivity index (χ2v) is 5.52. The van der Waals surface area contributed by atoms with Gasteiger partial charge in [-0.3, -0.25) is 4.79 Å². The summed E-state index contributed by atoms with van der Waals surface area (Å²) in [4.78, 5) is 14.1. The quantitative estimate of drug-likeness (QED) is 0.929. The van der Waals surface area contributed by atoms with Gasteiger partial charge >= 0.3 is 0 Å². The molecular weight excluding hydrogens is 276 g/mol. The van der Waals surface area contributed by atoms with E-state index in [1.165, 1.54) is 6.42 Å². The molecule has 0 bridgehead atoms. The molecule has 0 aliphatic carbocycles. The summed E-state index contributed by atoms with van der Waals surface area (Å²) in [6.07, 6.45) is 2.83. The molecule has 1 atom stereocenters. The fourth-order valence-corrected chi connectivity index (χ4v) is 2.63. The number of ether oxygens (including phenoxy) is 1. The largest absolute Gasteiger partial charge is 0.479 e. The summed E-state index contributed by atoms with van der Waals surface area (Å²) >= 11 is 6.14. The molecule has 0 spiro atoms. The Morgan fingerprint density at radius 1 is 1.40 bits per heavy atom. The van der Waals surface area contributed by atoms with Crippen molar-refractivity contribution < 1.29 is 9.53 Å². The van der Waals surface area contributed by atoms with Crippen LogP contribution in [-0.2, 0) is 11.3 Å². The maximum atomic E-state index is 12.3. The Morgan fingerprint density at radius 3 is 2.70 bits per heavy atom. The summed E-state index contributed by atoms with van der Waals surface area (Å²) in [6.45, 7) is 3.85. The van der Waals surface area contributed by atoms with Crippen molar-refractivity contribution in [1.82, 2.24) is 4.90 Å². The normalized spacial score (nSPS) is 16.9. The van der Waals surface area contributed by atoms with Gasteiger partial charge in [-0.05, 0) is 43.9 Å². The van der Waals surface area contributed by atoms with Gasteiger partial charge in [0.25, 0.3) is 5.91 Å². The minimum Gasteiger partial charge on any atom is -0.479 e. The number of likely N-dealkylation sites (tertiary alicyclic amines) is 1. The van der Waals surface area contributed by atoms with Crippen molar-refractivity contribution in [3.63, 3.8) is 0 Å². The van der Waals surface area contributed by atoms with Crippen molar-refractivity contribution in [1.29, 1.82) is 0 Å². The Kier molecular flexibility index (Phi) is 5.26. The van der Waals surface area contributed by atoms with Crippen LogP contribution in [0.2, 0.25) is 5.02 Å². The summed E-state index contributed by atoms with van der Waals surface area (Å²) in [5.41, 5.74) is 6.50. The molecule has 0 saturated carbocycles. The van der Waals surface area contributed by atoms with Gasteiger partial charge in [-0.1, -0.05) is 17.7 Å². The first-order valence-electron chi connectivity index (χ1n) is 7.05. The summed E-state index contributed by atoms with van der Waals surface area (Å²) < 4.78 is 5.70. The zero-order valence-electron chi connectivity index (χ0n) is 11.8. The number of piperidine rings is 1. The molecular formula is C15H21ClN2O2. The predicted molar refractivity (Wildman–Crippen MR) is 79.9 cm³/mol. The van der Waals surface area contributed by atoms with Crippen LogP contribution in [0, 0.1) is 0 Å². The third-order valence-electron chi connectivity index (χ3n) is 3.55. The first-order valence-corrected chi connectivity index (χ1v) is 7.43. The number of carbonyl (C=O) groups excluding carboxylic acids is 1. The molecule has 1 heterocycles. The second kappa shape index (κ2) is 6.95. The Balaban J connectivity index is 1.99. The molecule has 1 fully saturated rings. The first-order chi connectivity index (χ1) is 9.61. The lowest BCUT2D eigenvalue weighted by Gasteiger charge is -2.29. The van der Waals surface area contributed by atoms with E-state index in [2.05, 4.69) is 0 Å². The van der Waals surface area contributed by atoms with Crippen molar-refractivity contribution >= 4 is 17.5 Å². The number of hydrogen-bond acceptors (Lipinski definition) is 3. The molecule has 1 aliphatic rings. The summed E-state index contributed by atoms with van der Waals surface area (Å²) in [5.74, 6) is 0.561. The lowest BCUT2D eigenvalue weighted by Crippen LogP contribution is -2.43. The van der Waals surface area contributed by atoms with Gasteiger partial charge in [0.1, 0.15) is 5.75 Å². The van der Waals surface area contributed by atoms with Gasteiger partial charge in [0.05, 0.1) is 5.02 Å². The van der Waals surface area contributed by atoms with Crippen LogP contribution in [0.3, 0.4) is 0 Å². The summed E-state index contributed by atoms with van der Waals surface area (Å²) in [6, 6.07) is 5.40. The zero-order chi connectivity index (χ0) is 14.5. The molecule has 1 amide bonds. The van der Waals surface area contributed by atoms with Crippen molar-refractivity contribution in [2.45, 2.75) is 38.8 Å². The molecule has 5 heteroatoms. The number of halogens is 1. The van der Waals surface area contributed by atoms with E-state index in [0.717, 1.165) is 31.5 Å². The summed E-state index contributed by atoms with van der Waals surface area (Å²) in [7, 11) is 0. The lowest BCUT2D eigenvalue weighted by molar-refractivity contribution is -0.138. The molecule has 2 N–H and O–H groups in total. The molecule has 110 valence electrons. The van der Waals surface area contributed by atoms with Crippen molar-refractivity contribution in [3.05, 3.63) is 28.8 Å². The number of hydrogen-bond donors (Lipinski definition) is 1. The van der Waals surface area contributed by atoms with Gasteiger partial charge in [0.15, 0.2) is 6.10 Å². The number of nitrogens with zero attached hydrogens (tertiary/aromatic N) is 1. The summed E-state index contributed by atoms with van der Waals surface area (Å²) in [5, 5.41) is 0.492. The fraction of sp³-hybridized carbons (Fsp3) is 0.533. The van der Waals surface area contributed by atoms with Gasteiger partial charge in [-0.25, -0.2) is 0 Å². The van der Waals surface area contributed by atoms with Crippen LogP contribution >= 0.6 is 11.6 Å². The third-order valence-corrected chi connectivity index (χ3v) is 3.85. The van der Waals surface area contributed by atoms with Crippen molar-refractivity contribution in [2.24, 2.45) is 5.73 Å². The highest BCUT2D eigenvalue weighted by atomic mass is 35.5. The van der Waals surface area contributed by atoms with Crippen LogP contribution in [0.1, 0.15) is 31.7 Å². The molecule has 0 aromatic heterocycles. The highest BCUT2D eigenvalue weighted by molar-refractivity contribution is 6.32. The molecule has 1 saturated heterocycles. The SMILES string of the molecule is CC(Oc1ccc(CN)cc1Cl)C(=O)N1CCCCC1. The smallest absolute Gasteiger partial charge is 0.263 e. The van der Waals surface area contributed by atoms with Crippen molar-refractivity contribution in [2.75, 3.05) is 13.1 Å². The monoisotopic (exact) mass is 296 g/mol. The molecule has 1 unspecified atom stereocenters. The van der Waals surface area contributed by atoms with Gasteiger partial charge < -0.3 is 15.4 Å². The number of nitrogens with two attached hydrogens (primary N) is 1. The highest BCUT2D eigenvalue weighted by Gasteiger charge is 2.23. The minimum absolute atomic E-state index is 0.0312. The van der Waals surface area contributed by atoms with Crippen LogP contribution in [0.5, 0.6) is 5.75 Å². The highest BCUT2D eigenvalue weighted by Crippen LogP contribution is 2.26. The van der Waals surface area contributed by atoms with E-state index < -0.39 is 6.10 Å². The zero-order valence-corrected chi connectivity index (χ0v) is 12.5. The molecule has 0 radical (unpaired) electrons. The second-order valence-electron chi connectivity index (χ2n) is 5.11. The predicted octanol–water partition coefficient (Wildman–Crippen LogP) is 2.58. The van der Waals surface area contributed by atoms with E-state index in [1.807, 2.05) is 11.0 Å². The van der Waals surface area contributed by atoms with E-state index in [4.69, 9.17) is 22.1 Å². The third kappa shape index (κ3) is 3.64. The van der Waals surface area contributed by atoms with Gasteiger partial charge in [-0.2, -0.15) is 0 Å². The van der Waals surface area contributed by atoms with Crippen LogP contribution in [0.25, 0.3) is 0 Å². The van der Waals surface area contributed by atoms with E-state index in [9.17, 15) is 4.79 Å². The Morgan fingerprint density at radius 2 is 2.10 bits per heavy atom. The average molecular weight is 297 g/mol. The van der Waals surface area contributed by atoms with Crippen molar-refractivity contribution in [3.8, 4) is 5.75 Å². The van der Waals surface area contributed by atoms with Crippen LogP contribution in [-0.4, -0.2) is 30.0 Å². The van der Waals surface area contributed by atoms with Gasteiger partial charge in [-0.15, -0.1) is 0 Å². The van der Waals surface area contributed by atoms with Crippen LogP contribution in [0.15, 0.2) is 18.2 Å². The lowest BCUT2D eigenvalue weighted by atomic mass is 10.1. The minimum atomic E-state index is -0.519. The van der Waals surface area contributed by atoms with E-state index in [1.54, 1.807) is 19.1 Å². The fourth-order valence-electron chi connectivity index (χ4n) is 2.38. The maximum absolute atomic E-state index is 12.3. The molecule has 1 aliphatic heterocycles. The maximum Gasteiger partial charge on any atom is 0.263 e. The molecule has 4 nitrogen and oxygen atoms in total. The number of amides is 1. The molecule has 1 aromatic carbocycles. The van der Waals surface area contributed by atoms with E-state index in [-0.39, 0.29) is 5.91 Å². The number of benzene rings is 1.